The molecule has 15 heavy (non-hydrogen) atoms. The summed E-state index contributed by atoms with van der Waals surface area (Å²) >= 11 is 3.43. The summed E-state index contributed by atoms with van der Waals surface area (Å²) in [5, 5.41) is 0. The molecular formula is C13H13BrO. The van der Waals surface area contributed by atoms with Gasteiger partial charge in [0.05, 0.1) is 12.5 Å². The van der Waals surface area contributed by atoms with Crippen LogP contribution in [0.5, 0.6) is 0 Å². The van der Waals surface area contributed by atoms with E-state index in [1.54, 1.807) is 0 Å². The fourth-order valence-corrected chi connectivity index (χ4v) is 1.93. The van der Waals surface area contributed by atoms with Crippen LogP contribution in [0.15, 0.2) is 45.7 Å². The highest BCUT2D eigenvalue weighted by molar-refractivity contribution is 9.10. The number of halogens is 1. The molecular weight excluding hydrogens is 252 g/mol. The van der Waals surface area contributed by atoms with Crippen molar-refractivity contribution in [2.45, 2.75) is 19.8 Å². The van der Waals surface area contributed by atoms with Crippen LogP contribution in [0, 0.1) is 0 Å². The Kier molecular flexibility index (Phi) is 3.27. The molecule has 0 unspecified atom stereocenters. The van der Waals surface area contributed by atoms with Crippen LogP contribution < -0.4 is 0 Å². The monoisotopic (exact) mass is 264 g/mol. The summed E-state index contributed by atoms with van der Waals surface area (Å²) in [6.45, 7) is 2.18. The topological polar surface area (TPSA) is 13.1 Å². The lowest BCUT2D eigenvalue weighted by Gasteiger charge is -2.01. The lowest BCUT2D eigenvalue weighted by molar-refractivity contribution is 0.564. The standard InChI is InChI=1S/C13H13BrO/c1-2-3-11-8-15-9-13(11)10-4-6-12(14)7-5-10/h4-9H,2-3H2,1H3. The van der Waals surface area contributed by atoms with Crippen LogP contribution >= 0.6 is 15.9 Å². The molecule has 1 aromatic carbocycles. The first-order chi connectivity index (χ1) is 7.31. The van der Waals surface area contributed by atoms with Gasteiger partial charge in [0, 0.05) is 10.0 Å². The zero-order valence-corrected chi connectivity index (χ0v) is 10.3. The Morgan fingerprint density at radius 3 is 2.53 bits per heavy atom. The quantitative estimate of drug-likeness (QED) is 0.786. The average Bonchev–Trinajstić information content (AvgIpc) is 2.68. The van der Waals surface area contributed by atoms with Crippen molar-refractivity contribution < 1.29 is 4.42 Å². The van der Waals surface area contributed by atoms with E-state index in [4.69, 9.17) is 4.42 Å². The molecule has 0 saturated heterocycles. The first kappa shape index (κ1) is 10.5. The van der Waals surface area contributed by atoms with Crippen LogP contribution in [0.3, 0.4) is 0 Å². The molecule has 0 atom stereocenters. The maximum absolute atomic E-state index is 5.27. The molecule has 1 aromatic heterocycles. The van der Waals surface area contributed by atoms with Crippen LogP contribution in [0.1, 0.15) is 18.9 Å². The molecule has 0 bridgehead atoms. The van der Waals surface area contributed by atoms with Crippen LogP contribution in [-0.2, 0) is 6.42 Å². The molecule has 0 amide bonds. The molecule has 0 aliphatic rings. The first-order valence-corrected chi connectivity index (χ1v) is 5.91. The third kappa shape index (κ3) is 2.32. The first-order valence-electron chi connectivity index (χ1n) is 5.12. The summed E-state index contributed by atoms with van der Waals surface area (Å²) in [4.78, 5) is 0. The summed E-state index contributed by atoms with van der Waals surface area (Å²) in [6.07, 6.45) is 5.89. The molecule has 0 aliphatic carbocycles. The van der Waals surface area contributed by atoms with Crippen LogP contribution in [0.4, 0.5) is 0 Å². The molecule has 0 saturated carbocycles. The average molecular weight is 265 g/mol. The van der Waals surface area contributed by atoms with Gasteiger partial charge in [-0.3, -0.25) is 0 Å². The van der Waals surface area contributed by atoms with Gasteiger partial charge in [0.2, 0.25) is 0 Å². The van der Waals surface area contributed by atoms with Gasteiger partial charge in [-0.25, -0.2) is 0 Å². The van der Waals surface area contributed by atoms with Gasteiger partial charge in [-0.05, 0) is 29.7 Å². The molecule has 78 valence electrons. The molecule has 2 heteroatoms. The van der Waals surface area contributed by atoms with Gasteiger partial charge < -0.3 is 4.42 Å². The smallest absolute Gasteiger partial charge is 0.0983 e. The number of furan rings is 1. The van der Waals surface area contributed by atoms with E-state index in [-0.39, 0.29) is 0 Å². The second-order valence-corrected chi connectivity index (χ2v) is 4.48. The van der Waals surface area contributed by atoms with Crippen LogP contribution in [-0.4, -0.2) is 0 Å². The largest absolute Gasteiger partial charge is 0.472 e. The molecule has 1 nitrogen and oxygen atoms in total. The molecule has 0 aliphatic heterocycles. The van der Waals surface area contributed by atoms with Gasteiger partial charge in [0.1, 0.15) is 0 Å². The van der Waals surface area contributed by atoms with Crippen molar-refractivity contribution in [3.8, 4) is 11.1 Å². The Labute approximate surface area is 98.2 Å². The molecule has 1 heterocycles. The van der Waals surface area contributed by atoms with Crippen molar-refractivity contribution in [2.75, 3.05) is 0 Å². The molecule has 0 spiro atoms. The highest BCUT2D eigenvalue weighted by Gasteiger charge is 2.06. The van der Waals surface area contributed by atoms with Gasteiger partial charge in [-0.15, -0.1) is 0 Å². The van der Waals surface area contributed by atoms with E-state index < -0.39 is 0 Å². The van der Waals surface area contributed by atoms with Gasteiger partial charge in [-0.1, -0.05) is 41.4 Å². The van der Waals surface area contributed by atoms with E-state index in [2.05, 4.69) is 47.1 Å². The Bertz CT molecular complexity index is 428. The zero-order valence-electron chi connectivity index (χ0n) is 8.66. The van der Waals surface area contributed by atoms with Crippen LogP contribution in [0.25, 0.3) is 11.1 Å². The van der Waals surface area contributed by atoms with E-state index in [0.29, 0.717) is 0 Å². The lowest BCUT2D eigenvalue weighted by atomic mass is 10.0. The SMILES string of the molecule is CCCc1cocc1-c1ccc(Br)cc1. The number of hydrogen-bond acceptors (Lipinski definition) is 1. The summed E-state index contributed by atoms with van der Waals surface area (Å²) in [7, 11) is 0. The van der Waals surface area contributed by atoms with Gasteiger partial charge in [-0.2, -0.15) is 0 Å². The summed E-state index contributed by atoms with van der Waals surface area (Å²) < 4.78 is 6.37. The lowest BCUT2D eigenvalue weighted by Crippen LogP contribution is -1.83. The van der Waals surface area contributed by atoms with Crippen molar-refractivity contribution in [2.24, 2.45) is 0 Å². The second-order valence-electron chi connectivity index (χ2n) is 3.57. The van der Waals surface area contributed by atoms with E-state index in [9.17, 15) is 0 Å². The van der Waals surface area contributed by atoms with Gasteiger partial charge >= 0.3 is 0 Å². The minimum atomic E-state index is 1.07. The highest BCUT2D eigenvalue weighted by atomic mass is 79.9. The van der Waals surface area contributed by atoms with Crippen LogP contribution in [0.2, 0.25) is 0 Å². The normalized spacial score (nSPS) is 10.5. The number of aryl methyl sites for hydroxylation is 1. The van der Waals surface area contributed by atoms with Crippen molar-refractivity contribution >= 4 is 15.9 Å². The van der Waals surface area contributed by atoms with Crippen molar-refractivity contribution in [3.63, 3.8) is 0 Å². The third-order valence-corrected chi connectivity index (χ3v) is 2.95. The van der Waals surface area contributed by atoms with Crippen molar-refractivity contribution in [1.82, 2.24) is 0 Å². The fraction of sp³-hybridized carbons (Fsp3) is 0.231. The molecule has 2 aromatic rings. The number of benzene rings is 1. The molecule has 0 N–H and O–H groups in total. The Morgan fingerprint density at radius 2 is 1.87 bits per heavy atom. The highest BCUT2D eigenvalue weighted by Crippen LogP contribution is 2.27. The fourth-order valence-electron chi connectivity index (χ4n) is 1.67. The van der Waals surface area contributed by atoms with Gasteiger partial charge in [0.25, 0.3) is 0 Å². The Balaban J connectivity index is 2.36. The van der Waals surface area contributed by atoms with E-state index in [1.807, 2.05) is 12.5 Å². The minimum absolute atomic E-state index is 1.07. The van der Waals surface area contributed by atoms with E-state index in [0.717, 1.165) is 17.3 Å². The third-order valence-electron chi connectivity index (χ3n) is 2.42. The van der Waals surface area contributed by atoms with Crippen molar-refractivity contribution in [3.05, 3.63) is 46.8 Å². The minimum Gasteiger partial charge on any atom is -0.472 e. The Morgan fingerprint density at radius 1 is 1.13 bits per heavy atom. The maximum Gasteiger partial charge on any atom is 0.0983 e. The number of hydrogen-bond donors (Lipinski definition) is 0. The second kappa shape index (κ2) is 4.67. The summed E-state index contributed by atoms with van der Waals surface area (Å²) in [5.41, 5.74) is 3.72. The molecule has 0 radical (unpaired) electrons. The summed E-state index contributed by atoms with van der Waals surface area (Å²) in [5.74, 6) is 0. The summed E-state index contributed by atoms with van der Waals surface area (Å²) in [6, 6.07) is 8.32. The molecule has 0 fully saturated rings. The predicted molar refractivity (Wildman–Crippen MR) is 65.8 cm³/mol. The predicted octanol–water partition coefficient (Wildman–Crippen LogP) is 4.66. The maximum atomic E-state index is 5.27. The van der Waals surface area contributed by atoms with Gasteiger partial charge in [0.15, 0.2) is 0 Å². The van der Waals surface area contributed by atoms with Crippen molar-refractivity contribution in [1.29, 1.82) is 0 Å². The van der Waals surface area contributed by atoms with E-state index >= 15 is 0 Å². The Hall–Kier alpha value is -1.02. The zero-order chi connectivity index (χ0) is 10.7. The van der Waals surface area contributed by atoms with E-state index in [1.165, 1.54) is 16.7 Å². The molecule has 2 rings (SSSR count). The number of rotatable bonds is 3.